The monoisotopic (exact) mass is 300 g/mol. The Hall–Kier alpha value is -1.85. The van der Waals surface area contributed by atoms with Crippen molar-refractivity contribution in [3.8, 4) is 0 Å². The third-order valence-electron chi connectivity index (χ3n) is 4.28. The van der Waals surface area contributed by atoms with E-state index in [1.165, 1.54) is 16.9 Å². The Morgan fingerprint density at radius 1 is 1.23 bits per heavy atom. The first-order valence-electron chi connectivity index (χ1n) is 7.85. The van der Waals surface area contributed by atoms with Gasteiger partial charge in [-0.15, -0.1) is 0 Å². The van der Waals surface area contributed by atoms with E-state index in [0.717, 1.165) is 32.8 Å². The van der Waals surface area contributed by atoms with E-state index >= 15 is 0 Å². The number of ether oxygens (including phenoxy) is 1. The van der Waals surface area contributed by atoms with Gasteiger partial charge in [0.15, 0.2) is 0 Å². The number of hydrogen-bond donors (Lipinski definition) is 1. The van der Waals surface area contributed by atoms with Crippen molar-refractivity contribution in [2.45, 2.75) is 19.5 Å². The van der Waals surface area contributed by atoms with Gasteiger partial charge in [-0.2, -0.15) is 0 Å². The lowest BCUT2D eigenvalue weighted by molar-refractivity contribution is 0.122. The van der Waals surface area contributed by atoms with Crippen LogP contribution in [0.15, 0.2) is 36.8 Å². The van der Waals surface area contributed by atoms with E-state index in [2.05, 4.69) is 46.4 Å². The first-order chi connectivity index (χ1) is 10.7. The van der Waals surface area contributed by atoms with Gasteiger partial charge in [0.05, 0.1) is 25.2 Å². The molecule has 1 aliphatic heterocycles. The quantitative estimate of drug-likeness (QED) is 0.918. The Morgan fingerprint density at radius 2 is 1.95 bits per heavy atom. The smallest absolute Gasteiger partial charge is 0.0945 e. The van der Waals surface area contributed by atoms with E-state index < -0.39 is 0 Å². The van der Waals surface area contributed by atoms with E-state index in [1.54, 1.807) is 0 Å². The second-order valence-corrected chi connectivity index (χ2v) is 5.79. The Kier molecular flexibility index (Phi) is 4.75. The minimum Gasteiger partial charge on any atom is -0.378 e. The first kappa shape index (κ1) is 15.1. The second-order valence-electron chi connectivity index (χ2n) is 5.79. The number of hydrogen-bond acceptors (Lipinski definition) is 4. The molecule has 118 valence electrons. The van der Waals surface area contributed by atoms with Gasteiger partial charge in [0.2, 0.25) is 0 Å². The van der Waals surface area contributed by atoms with Crippen LogP contribution in [-0.4, -0.2) is 35.9 Å². The van der Waals surface area contributed by atoms with Crippen molar-refractivity contribution in [2.75, 3.05) is 31.2 Å². The molecule has 1 saturated heterocycles. The molecule has 1 N–H and O–H groups in total. The fourth-order valence-corrected chi connectivity index (χ4v) is 2.73. The summed E-state index contributed by atoms with van der Waals surface area (Å²) >= 11 is 0. The van der Waals surface area contributed by atoms with E-state index in [9.17, 15) is 0 Å². The molecule has 0 spiro atoms. The topological polar surface area (TPSA) is 42.3 Å². The number of nitrogens with zero attached hydrogens (tertiary/aromatic N) is 3. The molecular weight excluding hydrogens is 276 g/mol. The Morgan fingerprint density at radius 3 is 2.59 bits per heavy atom. The summed E-state index contributed by atoms with van der Waals surface area (Å²) in [5.41, 5.74) is 3.78. The van der Waals surface area contributed by atoms with E-state index in [4.69, 9.17) is 4.74 Å². The zero-order valence-corrected chi connectivity index (χ0v) is 13.3. The lowest BCUT2D eigenvalue weighted by Gasteiger charge is -2.29. The lowest BCUT2D eigenvalue weighted by atomic mass is 10.1. The minimum absolute atomic E-state index is 0.314. The molecule has 1 fully saturated rings. The van der Waals surface area contributed by atoms with Gasteiger partial charge in [0.25, 0.3) is 0 Å². The first-order valence-corrected chi connectivity index (χ1v) is 7.85. The van der Waals surface area contributed by atoms with Gasteiger partial charge < -0.3 is 19.5 Å². The molecule has 5 heteroatoms. The summed E-state index contributed by atoms with van der Waals surface area (Å²) in [6, 6.07) is 9.16. The standard InChI is InChI=1S/C17H24N4O/c1-14(19-12-17-11-18-13-20(17)2)15-3-5-16(6-4-15)21-7-9-22-10-8-21/h3-6,11,13-14,19H,7-10,12H2,1-2H3/t14-/m0/s1. The molecule has 1 atom stereocenters. The van der Waals surface area contributed by atoms with Gasteiger partial charge in [-0.1, -0.05) is 12.1 Å². The van der Waals surface area contributed by atoms with Crippen molar-refractivity contribution >= 4 is 5.69 Å². The second kappa shape index (κ2) is 6.94. The highest BCUT2D eigenvalue weighted by atomic mass is 16.5. The number of rotatable bonds is 5. The number of aromatic nitrogens is 2. The molecule has 2 heterocycles. The SMILES string of the molecule is C[C@H](NCc1cncn1C)c1ccc(N2CCOCC2)cc1. The van der Waals surface area contributed by atoms with Crippen LogP contribution in [0.25, 0.3) is 0 Å². The van der Waals surface area contributed by atoms with Crippen molar-refractivity contribution in [2.24, 2.45) is 7.05 Å². The van der Waals surface area contributed by atoms with Crippen LogP contribution in [-0.2, 0) is 18.3 Å². The van der Waals surface area contributed by atoms with Gasteiger partial charge in [-0.25, -0.2) is 4.98 Å². The Labute approximate surface area is 131 Å². The highest BCUT2D eigenvalue weighted by Gasteiger charge is 2.12. The highest BCUT2D eigenvalue weighted by molar-refractivity contribution is 5.48. The number of morpholine rings is 1. The van der Waals surface area contributed by atoms with Gasteiger partial charge in [0.1, 0.15) is 0 Å². The van der Waals surface area contributed by atoms with Gasteiger partial charge in [-0.3, -0.25) is 0 Å². The Balaban J connectivity index is 1.58. The number of benzene rings is 1. The summed E-state index contributed by atoms with van der Waals surface area (Å²) in [4.78, 5) is 6.52. The summed E-state index contributed by atoms with van der Waals surface area (Å²) in [6.07, 6.45) is 3.74. The van der Waals surface area contributed by atoms with Crippen LogP contribution in [0.4, 0.5) is 5.69 Å². The number of nitrogens with one attached hydrogen (secondary N) is 1. The van der Waals surface area contributed by atoms with E-state index in [1.807, 2.05) is 24.1 Å². The average molecular weight is 300 g/mol. The zero-order chi connectivity index (χ0) is 15.4. The maximum Gasteiger partial charge on any atom is 0.0945 e. The molecule has 0 unspecified atom stereocenters. The molecule has 1 aromatic carbocycles. The normalized spacial score (nSPS) is 16.7. The number of imidazole rings is 1. The van der Waals surface area contributed by atoms with Crippen molar-refractivity contribution in [1.82, 2.24) is 14.9 Å². The van der Waals surface area contributed by atoms with Crippen LogP contribution in [0.3, 0.4) is 0 Å². The largest absolute Gasteiger partial charge is 0.378 e. The van der Waals surface area contributed by atoms with Crippen molar-refractivity contribution in [3.05, 3.63) is 48.0 Å². The average Bonchev–Trinajstić information content (AvgIpc) is 2.99. The number of anilines is 1. The fourth-order valence-electron chi connectivity index (χ4n) is 2.73. The number of aryl methyl sites for hydroxylation is 1. The molecule has 1 aromatic heterocycles. The molecule has 1 aliphatic rings. The summed E-state index contributed by atoms with van der Waals surface area (Å²) in [5.74, 6) is 0. The van der Waals surface area contributed by atoms with Crippen molar-refractivity contribution < 1.29 is 4.74 Å². The van der Waals surface area contributed by atoms with Crippen LogP contribution in [0.2, 0.25) is 0 Å². The van der Waals surface area contributed by atoms with Crippen LogP contribution in [0, 0.1) is 0 Å². The molecule has 2 aromatic rings. The predicted octanol–water partition coefficient (Wildman–Crippen LogP) is 2.11. The molecule has 22 heavy (non-hydrogen) atoms. The van der Waals surface area contributed by atoms with Crippen LogP contribution in [0.5, 0.6) is 0 Å². The molecule has 0 amide bonds. The predicted molar refractivity (Wildman–Crippen MR) is 87.9 cm³/mol. The van der Waals surface area contributed by atoms with Gasteiger partial charge in [-0.05, 0) is 24.6 Å². The highest BCUT2D eigenvalue weighted by Crippen LogP contribution is 2.20. The van der Waals surface area contributed by atoms with Gasteiger partial charge in [0, 0.05) is 44.6 Å². The fraction of sp³-hybridized carbons (Fsp3) is 0.471. The van der Waals surface area contributed by atoms with E-state index in [0.29, 0.717) is 6.04 Å². The summed E-state index contributed by atoms with van der Waals surface area (Å²) in [7, 11) is 2.02. The minimum atomic E-state index is 0.314. The molecule has 0 aliphatic carbocycles. The molecule has 0 radical (unpaired) electrons. The third kappa shape index (κ3) is 3.48. The molecule has 0 saturated carbocycles. The van der Waals surface area contributed by atoms with Crippen LogP contribution < -0.4 is 10.2 Å². The Bertz CT molecular complexity index is 587. The van der Waals surface area contributed by atoms with E-state index in [-0.39, 0.29) is 0 Å². The van der Waals surface area contributed by atoms with Crippen molar-refractivity contribution in [1.29, 1.82) is 0 Å². The lowest BCUT2D eigenvalue weighted by Crippen LogP contribution is -2.36. The van der Waals surface area contributed by atoms with Crippen LogP contribution in [0.1, 0.15) is 24.2 Å². The van der Waals surface area contributed by atoms with Crippen molar-refractivity contribution in [3.63, 3.8) is 0 Å². The maximum atomic E-state index is 5.40. The van der Waals surface area contributed by atoms with Crippen LogP contribution >= 0.6 is 0 Å². The summed E-state index contributed by atoms with van der Waals surface area (Å²) in [6.45, 7) is 6.62. The zero-order valence-electron chi connectivity index (χ0n) is 13.3. The maximum absolute atomic E-state index is 5.40. The molecule has 0 bridgehead atoms. The summed E-state index contributed by atoms with van der Waals surface area (Å²) < 4.78 is 7.44. The molecule has 5 nitrogen and oxygen atoms in total. The molecule has 3 rings (SSSR count). The van der Waals surface area contributed by atoms with Gasteiger partial charge >= 0.3 is 0 Å². The summed E-state index contributed by atoms with van der Waals surface area (Å²) in [5, 5.41) is 3.55. The third-order valence-corrected chi connectivity index (χ3v) is 4.28. The molecular formula is C17H24N4O.